The second-order valence-electron chi connectivity index (χ2n) is 6.76. The van der Waals surface area contributed by atoms with Crippen LogP contribution in [-0.2, 0) is 10.0 Å². The topological polar surface area (TPSA) is 66.5 Å². The number of rotatable bonds is 4. The minimum Gasteiger partial charge on any atom is -0.322 e. The third-order valence-electron chi connectivity index (χ3n) is 4.76. The minimum atomic E-state index is -3.52. The number of carbonyl (C=O) groups is 1. The molecule has 1 aliphatic rings. The summed E-state index contributed by atoms with van der Waals surface area (Å²) >= 11 is 0. The van der Waals surface area contributed by atoms with Gasteiger partial charge in [0.05, 0.1) is 4.90 Å². The van der Waals surface area contributed by atoms with Crippen molar-refractivity contribution in [3.63, 3.8) is 0 Å². The number of benzene rings is 2. The molecule has 1 amide bonds. The van der Waals surface area contributed by atoms with Crippen LogP contribution in [0.3, 0.4) is 0 Å². The van der Waals surface area contributed by atoms with Crippen LogP contribution in [0, 0.1) is 12.7 Å². The van der Waals surface area contributed by atoms with Crippen molar-refractivity contribution in [3.05, 3.63) is 59.4 Å². The van der Waals surface area contributed by atoms with E-state index >= 15 is 0 Å². The molecule has 0 saturated carbocycles. The van der Waals surface area contributed by atoms with Crippen LogP contribution in [0.5, 0.6) is 0 Å². The van der Waals surface area contributed by atoms with Crippen molar-refractivity contribution < 1.29 is 17.6 Å². The normalized spacial score (nSPS) is 15.9. The SMILES string of the molecule is Cc1ccc(F)cc1C(=O)Nc1ccc(S(=O)(=O)N2CCCCCC2)cc1. The van der Waals surface area contributed by atoms with Crippen LogP contribution >= 0.6 is 0 Å². The molecule has 0 radical (unpaired) electrons. The number of hydrogen-bond donors (Lipinski definition) is 1. The number of nitrogens with one attached hydrogen (secondary N) is 1. The van der Waals surface area contributed by atoms with Crippen LogP contribution in [-0.4, -0.2) is 31.7 Å². The van der Waals surface area contributed by atoms with Crippen molar-refractivity contribution >= 4 is 21.6 Å². The fourth-order valence-corrected chi connectivity index (χ4v) is 4.70. The van der Waals surface area contributed by atoms with Crippen LogP contribution in [0.2, 0.25) is 0 Å². The second kappa shape index (κ2) is 8.19. The van der Waals surface area contributed by atoms with Crippen molar-refractivity contribution in [2.24, 2.45) is 0 Å². The quantitative estimate of drug-likeness (QED) is 0.860. The molecule has 1 aliphatic heterocycles. The van der Waals surface area contributed by atoms with Crippen LogP contribution in [0.15, 0.2) is 47.4 Å². The number of hydrogen-bond acceptors (Lipinski definition) is 3. The fourth-order valence-electron chi connectivity index (χ4n) is 3.18. The molecule has 0 unspecified atom stereocenters. The summed E-state index contributed by atoms with van der Waals surface area (Å²) in [5.74, 6) is -0.917. The zero-order valence-electron chi connectivity index (χ0n) is 15.2. The van der Waals surface area contributed by atoms with E-state index in [1.807, 2.05) is 0 Å². The van der Waals surface area contributed by atoms with Crippen molar-refractivity contribution in [3.8, 4) is 0 Å². The Bertz CT molecular complexity index is 919. The Hall–Kier alpha value is -2.25. The number of aryl methyl sites for hydroxylation is 1. The molecular weight excluding hydrogens is 367 g/mol. The van der Waals surface area contributed by atoms with E-state index in [0.717, 1.165) is 25.7 Å². The lowest BCUT2D eigenvalue weighted by Crippen LogP contribution is -2.31. The first-order chi connectivity index (χ1) is 12.9. The Morgan fingerprint density at radius 3 is 2.26 bits per heavy atom. The van der Waals surface area contributed by atoms with E-state index in [9.17, 15) is 17.6 Å². The fraction of sp³-hybridized carbons (Fsp3) is 0.350. The molecule has 0 aromatic heterocycles. The van der Waals surface area contributed by atoms with Gasteiger partial charge in [0.1, 0.15) is 5.82 Å². The largest absolute Gasteiger partial charge is 0.322 e. The molecule has 1 saturated heterocycles. The molecule has 3 rings (SSSR count). The highest BCUT2D eigenvalue weighted by molar-refractivity contribution is 7.89. The smallest absolute Gasteiger partial charge is 0.256 e. The van der Waals surface area contributed by atoms with E-state index in [4.69, 9.17) is 0 Å². The maximum Gasteiger partial charge on any atom is 0.256 e. The summed E-state index contributed by atoms with van der Waals surface area (Å²) in [6, 6.07) is 10.1. The first-order valence-electron chi connectivity index (χ1n) is 9.05. The third-order valence-corrected chi connectivity index (χ3v) is 6.67. The van der Waals surface area contributed by atoms with Crippen LogP contribution in [0.25, 0.3) is 0 Å². The molecule has 0 atom stereocenters. The van der Waals surface area contributed by atoms with Gasteiger partial charge in [-0.25, -0.2) is 12.8 Å². The number of nitrogens with zero attached hydrogens (tertiary/aromatic N) is 1. The van der Waals surface area contributed by atoms with Gasteiger partial charge >= 0.3 is 0 Å². The molecule has 1 fully saturated rings. The first kappa shape index (κ1) is 19.5. The molecule has 7 heteroatoms. The van der Waals surface area contributed by atoms with Gasteiger partial charge < -0.3 is 5.32 Å². The zero-order chi connectivity index (χ0) is 19.4. The Morgan fingerprint density at radius 1 is 1.00 bits per heavy atom. The first-order valence-corrected chi connectivity index (χ1v) is 10.5. The number of sulfonamides is 1. The molecule has 2 aromatic carbocycles. The van der Waals surface area contributed by atoms with Gasteiger partial charge in [0.25, 0.3) is 5.91 Å². The summed E-state index contributed by atoms with van der Waals surface area (Å²) in [6.07, 6.45) is 3.85. The van der Waals surface area contributed by atoms with Crippen molar-refractivity contribution in [1.29, 1.82) is 0 Å². The Labute approximate surface area is 159 Å². The molecule has 27 heavy (non-hydrogen) atoms. The van der Waals surface area contributed by atoms with E-state index < -0.39 is 21.7 Å². The highest BCUT2D eigenvalue weighted by Crippen LogP contribution is 2.22. The van der Waals surface area contributed by atoms with E-state index in [-0.39, 0.29) is 10.5 Å². The molecule has 0 spiro atoms. The zero-order valence-corrected chi connectivity index (χ0v) is 16.1. The van der Waals surface area contributed by atoms with Gasteiger partial charge in [-0.1, -0.05) is 18.9 Å². The van der Waals surface area contributed by atoms with Gasteiger partial charge in [-0.3, -0.25) is 4.79 Å². The summed E-state index contributed by atoms with van der Waals surface area (Å²) in [5, 5.41) is 2.68. The summed E-state index contributed by atoms with van der Waals surface area (Å²) < 4.78 is 40.5. The Morgan fingerprint density at radius 2 is 1.63 bits per heavy atom. The van der Waals surface area contributed by atoms with Gasteiger partial charge in [0, 0.05) is 24.3 Å². The van der Waals surface area contributed by atoms with Gasteiger partial charge in [0.15, 0.2) is 0 Å². The molecular formula is C20H23FN2O3S. The van der Waals surface area contributed by atoms with E-state index in [1.54, 1.807) is 25.1 Å². The number of amides is 1. The van der Waals surface area contributed by atoms with E-state index in [1.165, 1.54) is 28.6 Å². The molecule has 1 N–H and O–H groups in total. The minimum absolute atomic E-state index is 0.212. The third kappa shape index (κ3) is 4.54. The van der Waals surface area contributed by atoms with Crippen molar-refractivity contribution in [2.75, 3.05) is 18.4 Å². The standard InChI is InChI=1S/C20H23FN2O3S/c1-15-6-7-16(21)14-19(15)20(24)22-17-8-10-18(11-9-17)27(25,26)23-12-4-2-3-5-13-23/h6-11,14H,2-5,12-13H2,1H3,(H,22,24). The second-order valence-corrected chi connectivity index (χ2v) is 8.69. The molecule has 1 heterocycles. The number of carbonyl (C=O) groups excluding carboxylic acids is 1. The molecule has 5 nitrogen and oxygen atoms in total. The predicted molar refractivity (Wildman–Crippen MR) is 103 cm³/mol. The lowest BCUT2D eigenvalue weighted by Gasteiger charge is -2.20. The number of anilines is 1. The monoisotopic (exact) mass is 390 g/mol. The van der Waals surface area contributed by atoms with Gasteiger partial charge in [-0.15, -0.1) is 0 Å². The molecule has 2 aromatic rings. The summed E-state index contributed by atoms with van der Waals surface area (Å²) in [4.78, 5) is 12.6. The van der Waals surface area contributed by atoms with Gasteiger partial charge in [0.2, 0.25) is 10.0 Å². The van der Waals surface area contributed by atoms with Crippen molar-refractivity contribution in [1.82, 2.24) is 4.31 Å². The summed E-state index contributed by atoms with van der Waals surface area (Å²) in [7, 11) is -3.52. The average Bonchev–Trinajstić information content (AvgIpc) is 2.94. The van der Waals surface area contributed by atoms with Crippen LogP contribution < -0.4 is 5.32 Å². The number of halogens is 1. The maximum absolute atomic E-state index is 13.4. The lowest BCUT2D eigenvalue weighted by atomic mass is 10.1. The molecule has 0 aliphatic carbocycles. The van der Waals surface area contributed by atoms with Gasteiger partial charge in [-0.05, 0) is 61.7 Å². The molecule has 0 bridgehead atoms. The highest BCUT2D eigenvalue weighted by Gasteiger charge is 2.25. The predicted octanol–water partition coefficient (Wildman–Crippen LogP) is 3.95. The molecule has 144 valence electrons. The average molecular weight is 390 g/mol. The van der Waals surface area contributed by atoms with Crippen LogP contribution in [0.4, 0.5) is 10.1 Å². The van der Waals surface area contributed by atoms with E-state index in [0.29, 0.717) is 24.3 Å². The summed E-state index contributed by atoms with van der Waals surface area (Å²) in [6.45, 7) is 2.81. The van der Waals surface area contributed by atoms with Crippen molar-refractivity contribution in [2.45, 2.75) is 37.5 Å². The Balaban J connectivity index is 1.75. The Kier molecular flexibility index (Phi) is 5.92. The maximum atomic E-state index is 13.4. The highest BCUT2D eigenvalue weighted by atomic mass is 32.2. The van der Waals surface area contributed by atoms with Crippen LogP contribution in [0.1, 0.15) is 41.6 Å². The van der Waals surface area contributed by atoms with Gasteiger partial charge in [-0.2, -0.15) is 4.31 Å². The lowest BCUT2D eigenvalue weighted by molar-refractivity contribution is 0.102. The summed E-state index contributed by atoms with van der Waals surface area (Å²) in [5.41, 5.74) is 1.36. The van der Waals surface area contributed by atoms with E-state index in [2.05, 4.69) is 5.32 Å².